The van der Waals surface area contributed by atoms with E-state index in [0.717, 1.165) is 27.7 Å². The largest absolute Gasteiger partial charge is 0.340 e. The molecule has 39 heavy (non-hydrogen) atoms. The number of para-hydroxylation sites is 1. The van der Waals surface area contributed by atoms with Gasteiger partial charge in [-0.3, -0.25) is 9.59 Å². The van der Waals surface area contributed by atoms with Crippen LogP contribution >= 0.6 is 23.2 Å². The third kappa shape index (κ3) is 6.14. The van der Waals surface area contributed by atoms with Crippen LogP contribution in [0.5, 0.6) is 0 Å². The molecule has 0 saturated heterocycles. The van der Waals surface area contributed by atoms with Crippen molar-refractivity contribution in [2.75, 3.05) is 0 Å². The number of hydrogen-bond acceptors (Lipinski definition) is 4. The molecule has 4 aromatic rings. The zero-order valence-corrected chi connectivity index (χ0v) is 23.2. The van der Waals surface area contributed by atoms with Crippen LogP contribution in [-0.4, -0.2) is 28.6 Å². The number of aromatic nitrogens is 1. The highest BCUT2D eigenvalue weighted by molar-refractivity contribution is 6.36. The van der Waals surface area contributed by atoms with Crippen LogP contribution in [0.4, 0.5) is 0 Å². The van der Waals surface area contributed by atoms with Gasteiger partial charge in [0.25, 0.3) is 11.8 Å². The number of benzene rings is 3. The van der Waals surface area contributed by atoms with E-state index in [0.29, 0.717) is 17.1 Å². The van der Waals surface area contributed by atoms with Crippen LogP contribution in [0.2, 0.25) is 10.0 Å². The summed E-state index contributed by atoms with van der Waals surface area (Å²) in [5.74, 6) is -1.14. The summed E-state index contributed by atoms with van der Waals surface area (Å²) in [4.78, 5) is 25.8. The van der Waals surface area contributed by atoms with Gasteiger partial charge in [0.1, 0.15) is 6.04 Å². The Morgan fingerprint density at radius 3 is 2.51 bits per heavy atom. The number of hydrogen-bond donors (Lipinski definition) is 2. The summed E-state index contributed by atoms with van der Waals surface area (Å²) in [5, 5.41) is 18.1. The summed E-state index contributed by atoms with van der Waals surface area (Å²) < 4.78 is 2.13. The van der Waals surface area contributed by atoms with E-state index in [1.54, 1.807) is 18.3 Å². The van der Waals surface area contributed by atoms with Gasteiger partial charge in [-0.15, -0.1) is 0 Å². The van der Waals surface area contributed by atoms with E-state index in [1.165, 1.54) is 12.1 Å². The molecule has 0 radical (unpaired) electrons. The molecular weight excluding hydrogens is 533 g/mol. The fourth-order valence-corrected chi connectivity index (χ4v) is 4.91. The van der Waals surface area contributed by atoms with Crippen LogP contribution in [0, 0.1) is 24.2 Å². The van der Waals surface area contributed by atoms with Crippen LogP contribution in [0.15, 0.2) is 71.8 Å². The molecule has 0 aliphatic rings. The summed E-state index contributed by atoms with van der Waals surface area (Å²) in [7, 11) is 0. The molecule has 2 N–H and O–H groups in total. The smallest absolute Gasteiger partial charge is 0.262 e. The van der Waals surface area contributed by atoms with Crippen molar-refractivity contribution in [3.63, 3.8) is 0 Å². The van der Waals surface area contributed by atoms with Gasteiger partial charge in [-0.2, -0.15) is 10.4 Å². The van der Waals surface area contributed by atoms with Gasteiger partial charge >= 0.3 is 0 Å². The van der Waals surface area contributed by atoms with Gasteiger partial charge in [-0.05, 0) is 48.7 Å². The van der Waals surface area contributed by atoms with E-state index in [-0.39, 0.29) is 16.5 Å². The molecule has 0 fully saturated rings. The Hall–Kier alpha value is -4.12. The van der Waals surface area contributed by atoms with Crippen LogP contribution in [0.25, 0.3) is 10.9 Å². The third-order valence-corrected chi connectivity index (χ3v) is 7.07. The van der Waals surface area contributed by atoms with Crippen molar-refractivity contribution in [2.45, 2.75) is 33.4 Å². The van der Waals surface area contributed by atoms with E-state index in [4.69, 9.17) is 23.2 Å². The molecule has 2 amide bonds. The highest BCUT2D eigenvalue weighted by Gasteiger charge is 2.25. The molecule has 7 nitrogen and oxygen atoms in total. The zero-order chi connectivity index (χ0) is 28.1. The van der Waals surface area contributed by atoms with Gasteiger partial charge in [0.15, 0.2) is 0 Å². The van der Waals surface area contributed by atoms with Gasteiger partial charge in [0.2, 0.25) is 0 Å². The summed E-state index contributed by atoms with van der Waals surface area (Å²) in [6, 6.07) is 21.4. The average Bonchev–Trinajstić information content (AvgIpc) is 3.17. The number of nitriles is 1. The van der Waals surface area contributed by atoms with Crippen molar-refractivity contribution >= 4 is 52.1 Å². The number of rotatable bonds is 8. The van der Waals surface area contributed by atoms with Crippen LogP contribution in [-0.2, 0) is 11.3 Å². The summed E-state index contributed by atoms with van der Waals surface area (Å²) in [6.07, 6.45) is 1.61. The minimum absolute atomic E-state index is 0.199. The van der Waals surface area contributed by atoms with Gasteiger partial charge in [0, 0.05) is 33.7 Å². The second-order valence-electron chi connectivity index (χ2n) is 9.42. The lowest BCUT2D eigenvalue weighted by Crippen LogP contribution is -2.48. The highest BCUT2D eigenvalue weighted by atomic mass is 35.5. The molecule has 3 aromatic carbocycles. The Morgan fingerprint density at radius 1 is 1.08 bits per heavy atom. The predicted octanol–water partition coefficient (Wildman–Crippen LogP) is 6.08. The summed E-state index contributed by atoms with van der Waals surface area (Å²) in [5.41, 5.74) is 7.11. The number of fused-ring (bicyclic) bond motifs is 1. The summed E-state index contributed by atoms with van der Waals surface area (Å²) in [6.45, 7) is 6.15. The number of nitrogens with zero attached hydrogens (tertiary/aromatic N) is 3. The molecule has 1 heterocycles. The predicted molar refractivity (Wildman–Crippen MR) is 155 cm³/mol. The van der Waals surface area contributed by atoms with Gasteiger partial charge in [-0.25, -0.2) is 5.43 Å². The number of amides is 2. The van der Waals surface area contributed by atoms with E-state index < -0.39 is 17.9 Å². The zero-order valence-electron chi connectivity index (χ0n) is 21.7. The Morgan fingerprint density at radius 2 is 1.79 bits per heavy atom. The monoisotopic (exact) mass is 559 g/mol. The Bertz CT molecular complexity index is 1620. The van der Waals surface area contributed by atoms with Crippen LogP contribution < -0.4 is 10.7 Å². The van der Waals surface area contributed by atoms with Crippen molar-refractivity contribution in [3.8, 4) is 6.07 Å². The maximum atomic E-state index is 13.0. The number of hydrazone groups is 1. The van der Waals surface area contributed by atoms with Crippen LogP contribution in [0.3, 0.4) is 0 Å². The first-order chi connectivity index (χ1) is 18.7. The number of halogens is 2. The first-order valence-corrected chi connectivity index (χ1v) is 13.1. The minimum atomic E-state index is -0.841. The van der Waals surface area contributed by atoms with Crippen molar-refractivity contribution < 1.29 is 9.59 Å². The second kappa shape index (κ2) is 12.2. The standard InChI is InChI=1S/C30H27Cl2N5O2/c1-18(2)28(35-29(38)24-13-12-22(31)14-26(24)32)30(39)36-34-16-25-19(3)37(27-11-7-6-10-23(25)27)17-21-9-5-4-8-20(21)15-33/h4-14,16,18,28H,17H2,1-3H3,(H,35,38)(H,36,39)/b34-16-. The fraction of sp³-hybridized carbons (Fsp3) is 0.200. The van der Waals surface area contributed by atoms with E-state index in [2.05, 4.69) is 26.5 Å². The van der Waals surface area contributed by atoms with Crippen molar-refractivity contribution in [2.24, 2.45) is 11.0 Å². The van der Waals surface area contributed by atoms with Crippen molar-refractivity contribution in [1.82, 2.24) is 15.3 Å². The molecule has 1 atom stereocenters. The Kier molecular flexibility index (Phi) is 8.70. The van der Waals surface area contributed by atoms with Gasteiger partial charge in [0.05, 0.1) is 28.4 Å². The SMILES string of the molecule is Cc1c(/C=N\NC(=O)C(NC(=O)c2ccc(Cl)cc2Cl)C(C)C)c2ccccc2n1Cc1ccccc1C#N. The molecule has 198 valence electrons. The molecule has 0 bridgehead atoms. The molecule has 9 heteroatoms. The van der Waals surface area contributed by atoms with E-state index in [9.17, 15) is 14.9 Å². The highest BCUT2D eigenvalue weighted by Crippen LogP contribution is 2.26. The van der Waals surface area contributed by atoms with Gasteiger partial charge < -0.3 is 9.88 Å². The molecule has 1 unspecified atom stereocenters. The number of carbonyl (C=O) groups is 2. The second-order valence-corrected chi connectivity index (χ2v) is 10.3. The number of carbonyl (C=O) groups excluding carboxylic acids is 2. The van der Waals surface area contributed by atoms with Gasteiger partial charge in [-0.1, -0.05) is 73.4 Å². The fourth-order valence-electron chi connectivity index (χ4n) is 4.42. The van der Waals surface area contributed by atoms with Crippen LogP contribution in [0.1, 0.15) is 46.6 Å². The maximum absolute atomic E-state index is 13.0. The molecule has 0 aliphatic heterocycles. The third-order valence-electron chi connectivity index (χ3n) is 6.53. The molecular formula is C30H27Cl2N5O2. The first kappa shape index (κ1) is 27.9. The lowest BCUT2D eigenvalue weighted by atomic mass is 10.0. The maximum Gasteiger partial charge on any atom is 0.262 e. The summed E-state index contributed by atoms with van der Waals surface area (Å²) >= 11 is 12.1. The number of nitrogens with one attached hydrogen (secondary N) is 2. The van der Waals surface area contributed by atoms with E-state index in [1.807, 2.05) is 63.2 Å². The topological polar surface area (TPSA) is 99.3 Å². The van der Waals surface area contributed by atoms with Crippen molar-refractivity contribution in [3.05, 3.63) is 105 Å². The molecule has 0 saturated carbocycles. The first-order valence-electron chi connectivity index (χ1n) is 12.4. The average molecular weight is 560 g/mol. The molecule has 1 aromatic heterocycles. The van der Waals surface area contributed by atoms with Crippen molar-refractivity contribution in [1.29, 1.82) is 5.26 Å². The lowest BCUT2D eigenvalue weighted by Gasteiger charge is -2.20. The lowest BCUT2D eigenvalue weighted by molar-refractivity contribution is -0.123. The quantitative estimate of drug-likeness (QED) is 0.202. The molecule has 0 aliphatic carbocycles. The Balaban J connectivity index is 1.55. The molecule has 4 rings (SSSR count). The molecule has 0 spiro atoms. The van der Waals surface area contributed by atoms with E-state index >= 15 is 0 Å². The normalized spacial score (nSPS) is 12.0. The Labute approximate surface area is 237 Å². The minimum Gasteiger partial charge on any atom is -0.340 e.